The highest BCUT2D eigenvalue weighted by molar-refractivity contribution is 14.1. The van der Waals surface area contributed by atoms with Gasteiger partial charge in [0, 0.05) is 20.3 Å². The lowest BCUT2D eigenvalue weighted by molar-refractivity contribution is 0.102. The van der Waals surface area contributed by atoms with Crippen LogP contribution in [0.4, 0.5) is 11.4 Å². The van der Waals surface area contributed by atoms with E-state index in [1.807, 2.05) is 48.5 Å². The second-order valence-electron chi connectivity index (χ2n) is 4.58. The number of benzene rings is 2. The summed E-state index contributed by atoms with van der Waals surface area (Å²) in [6.07, 6.45) is 0. The van der Waals surface area contributed by atoms with Gasteiger partial charge in [-0.05, 0) is 52.9 Å². The van der Waals surface area contributed by atoms with Crippen LogP contribution in [0.3, 0.4) is 0 Å². The lowest BCUT2D eigenvalue weighted by atomic mass is 10.1. The second kappa shape index (κ2) is 5.69. The fraction of sp³-hybridized carbons (Fsp3) is 0. The number of nitrogens with zero attached hydrogens (tertiary/aromatic N) is 1. The first-order valence-electron chi connectivity index (χ1n) is 6.36. The van der Waals surface area contributed by atoms with Crippen LogP contribution in [0.1, 0.15) is 10.5 Å². The van der Waals surface area contributed by atoms with E-state index in [1.165, 1.54) is 0 Å². The molecule has 1 aromatic heterocycles. The van der Waals surface area contributed by atoms with E-state index >= 15 is 0 Å². The van der Waals surface area contributed by atoms with Crippen molar-refractivity contribution in [2.45, 2.75) is 0 Å². The lowest BCUT2D eigenvalue weighted by Crippen LogP contribution is -2.14. The molecule has 0 fully saturated rings. The van der Waals surface area contributed by atoms with Crippen LogP contribution >= 0.6 is 22.6 Å². The highest BCUT2D eigenvalue weighted by Gasteiger charge is 2.11. The molecule has 0 unspecified atom stereocenters. The van der Waals surface area contributed by atoms with Crippen LogP contribution in [0.5, 0.6) is 0 Å². The minimum absolute atomic E-state index is 0.269. The van der Waals surface area contributed by atoms with Crippen molar-refractivity contribution in [2.24, 2.45) is 0 Å². The van der Waals surface area contributed by atoms with Crippen LogP contribution in [0, 0.1) is 3.57 Å². The van der Waals surface area contributed by atoms with E-state index < -0.39 is 0 Å². The Hall–Kier alpha value is -2.15. The summed E-state index contributed by atoms with van der Waals surface area (Å²) >= 11 is 2.20. The summed E-state index contributed by atoms with van der Waals surface area (Å²) in [5, 5.41) is 3.68. The second-order valence-corrected chi connectivity index (χ2v) is 5.82. The number of hydrogen-bond acceptors (Lipinski definition) is 3. The number of anilines is 2. The number of amides is 1. The summed E-state index contributed by atoms with van der Waals surface area (Å²) in [6.45, 7) is 0. The van der Waals surface area contributed by atoms with Gasteiger partial charge in [-0.15, -0.1) is 0 Å². The Morgan fingerprint density at radius 1 is 1.10 bits per heavy atom. The van der Waals surface area contributed by atoms with Crippen LogP contribution in [-0.4, -0.2) is 10.9 Å². The number of hydrogen-bond donors (Lipinski definition) is 2. The molecule has 0 aliphatic heterocycles. The quantitative estimate of drug-likeness (QED) is 0.658. The zero-order chi connectivity index (χ0) is 14.8. The van der Waals surface area contributed by atoms with Gasteiger partial charge in [0.05, 0.1) is 5.52 Å². The molecule has 0 aliphatic rings. The highest BCUT2D eigenvalue weighted by Crippen LogP contribution is 2.21. The molecule has 5 heteroatoms. The molecule has 0 saturated carbocycles. The number of nitrogens with two attached hydrogens (primary N) is 1. The number of carbonyl (C=O) groups excluding carboxylic acids is 1. The molecule has 3 N–H and O–H groups in total. The van der Waals surface area contributed by atoms with Crippen LogP contribution in [0.2, 0.25) is 0 Å². The molecule has 0 bridgehead atoms. The fourth-order valence-corrected chi connectivity index (χ4v) is 2.62. The van der Waals surface area contributed by atoms with Gasteiger partial charge in [0.25, 0.3) is 5.91 Å². The van der Waals surface area contributed by atoms with Crippen molar-refractivity contribution < 1.29 is 4.79 Å². The zero-order valence-corrected chi connectivity index (χ0v) is 13.2. The molecule has 3 aromatic rings. The van der Waals surface area contributed by atoms with E-state index in [2.05, 4.69) is 32.9 Å². The van der Waals surface area contributed by atoms with Gasteiger partial charge < -0.3 is 11.1 Å². The molecule has 1 heterocycles. The van der Waals surface area contributed by atoms with Gasteiger partial charge >= 0.3 is 0 Å². The van der Waals surface area contributed by atoms with Gasteiger partial charge in [0.1, 0.15) is 5.69 Å². The maximum atomic E-state index is 12.3. The number of para-hydroxylation sites is 1. The average Bonchev–Trinajstić information content (AvgIpc) is 2.47. The Balaban J connectivity index is 1.94. The molecular formula is C16H12IN3O. The van der Waals surface area contributed by atoms with Crippen molar-refractivity contribution in [3.8, 4) is 0 Å². The standard InChI is InChI=1S/C16H12IN3O/c17-10-4-3-5-11(8-10)19-16(21)15-9-13(18)12-6-1-2-7-14(12)20-15/h1-9H,(H2,18,20)(H,19,21). The zero-order valence-electron chi connectivity index (χ0n) is 11.0. The molecule has 21 heavy (non-hydrogen) atoms. The Labute approximate surface area is 135 Å². The van der Waals surface area contributed by atoms with Crippen molar-refractivity contribution in [3.05, 3.63) is 63.9 Å². The summed E-state index contributed by atoms with van der Waals surface area (Å²) < 4.78 is 1.05. The minimum Gasteiger partial charge on any atom is -0.398 e. The first-order valence-corrected chi connectivity index (χ1v) is 7.43. The van der Waals surface area contributed by atoms with Crippen LogP contribution in [0.15, 0.2) is 54.6 Å². The van der Waals surface area contributed by atoms with Crippen molar-refractivity contribution in [3.63, 3.8) is 0 Å². The number of rotatable bonds is 2. The van der Waals surface area contributed by atoms with E-state index in [9.17, 15) is 4.79 Å². The minimum atomic E-state index is -0.269. The molecule has 4 nitrogen and oxygen atoms in total. The topological polar surface area (TPSA) is 68.0 Å². The maximum Gasteiger partial charge on any atom is 0.274 e. The third kappa shape index (κ3) is 2.97. The summed E-state index contributed by atoms with van der Waals surface area (Å²) in [5.74, 6) is -0.269. The molecule has 1 amide bonds. The SMILES string of the molecule is Nc1cc(C(=O)Nc2cccc(I)c2)nc2ccccc12. The third-order valence-corrected chi connectivity index (χ3v) is 3.73. The Morgan fingerprint density at radius 2 is 1.90 bits per heavy atom. The predicted octanol–water partition coefficient (Wildman–Crippen LogP) is 3.67. The van der Waals surface area contributed by atoms with Crippen LogP contribution in [-0.2, 0) is 0 Å². The van der Waals surface area contributed by atoms with Gasteiger partial charge in [-0.25, -0.2) is 4.98 Å². The van der Waals surface area contributed by atoms with Crippen molar-refractivity contribution in [1.29, 1.82) is 0 Å². The van der Waals surface area contributed by atoms with E-state index in [0.29, 0.717) is 16.9 Å². The molecule has 0 aliphatic carbocycles. The molecular weight excluding hydrogens is 377 g/mol. The largest absolute Gasteiger partial charge is 0.398 e. The third-order valence-electron chi connectivity index (χ3n) is 3.06. The number of aromatic nitrogens is 1. The number of fused-ring (bicyclic) bond motifs is 1. The first-order chi connectivity index (χ1) is 10.1. The maximum absolute atomic E-state index is 12.3. The number of pyridine rings is 1. The summed E-state index contributed by atoms with van der Waals surface area (Å²) in [4.78, 5) is 16.7. The normalized spacial score (nSPS) is 10.5. The molecule has 2 aromatic carbocycles. The summed E-state index contributed by atoms with van der Waals surface area (Å²) in [6, 6.07) is 16.7. The van der Waals surface area contributed by atoms with E-state index in [-0.39, 0.29) is 5.91 Å². The van der Waals surface area contributed by atoms with Gasteiger partial charge in [-0.2, -0.15) is 0 Å². The Bertz CT molecular complexity index is 833. The van der Waals surface area contributed by atoms with Gasteiger partial charge in [0.15, 0.2) is 0 Å². The summed E-state index contributed by atoms with van der Waals surface area (Å²) in [5.41, 5.74) is 8.30. The monoisotopic (exact) mass is 389 g/mol. The number of nitrogen functional groups attached to an aromatic ring is 1. The van der Waals surface area contributed by atoms with E-state index in [0.717, 1.165) is 14.6 Å². The number of carbonyl (C=O) groups is 1. The number of halogens is 1. The predicted molar refractivity (Wildman–Crippen MR) is 93.3 cm³/mol. The Kier molecular flexibility index (Phi) is 3.74. The lowest BCUT2D eigenvalue weighted by Gasteiger charge is -2.08. The number of nitrogens with one attached hydrogen (secondary N) is 1. The highest BCUT2D eigenvalue weighted by atomic mass is 127. The first kappa shape index (κ1) is 13.8. The van der Waals surface area contributed by atoms with Crippen molar-refractivity contribution in [2.75, 3.05) is 11.1 Å². The fourth-order valence-electron chi connectivity index (χ4n) is 2.08. The van der Waals surface area contributed by atoms with Crippen LogP contribution in [0.25, 0.3) is 10.9 Å². The van der Waals surface area contributed by atoms with Gasteiger partial charge in [-0.1, -0.05) is 24.3 Å². The molecule has 0 atom stereocenters. The smallest absolute Gasteiger partial charge is 0.274 e. The average molecular weight is 389 g/mol. The molecule has 3 rings (SSSR count). The van der Waals surface area contributed by atoms with E-state index in [1.54, 1.807) is 6.07 Å². The molecule has 0 radical (unpaired) electrons. The van der Waals surface area contributed by atoms with Crippen molar-refractivity contribution in [1.82, 2.24) is 4.98 Å². The molecule has 0 saturated heterocycles. The molecule has 0 spiro atoms. The van der Waals surface area contributed by atoms with Gasteiger partial charge in [-0.3, -0.25) is 4.79 Å². The molecule has 104 valence electrons. The summed E-state index contributed by atoms with van der Waals surface area (Å²) in [7, 11) is 0. The van der Waals surface area contributed by atoms with E-state index in [4.69, 9.17) is 5.73 Å². The van der Waals surface area contributed by atoms with Crippen molar-refractivity contribution >= 4 is 50.8 Å². The van der Waals surface area contributed by atoms with Gasteiger partial charge in [0.2, 0.25) is 0 Å². The Morgan fingerprint density at radius 3 is 2.71 bits per heavy atom. The van der Waals surface area contributed by atoms with Crippen LogP contribution < -0.4 is 11.1 Å².